The van der Waals surface area contributed by atoms with Gasteiger partial charge in [0.05, 0.1) is 18.0 Å². The van der Waals surface area contributed by atoms with Gasteiger partial charge < -0.3 is 15.0 Å². The number of piperidine rings is 1. The van der Waals surface area contributed by atoms with Crippen LogP contribution in [0.15, 0.2) is 79.0 Å². The van der Waals surface area contributed by atoms with Crippen molar-refractivity contribution in [1.29, 1.82) is 0 Å². The fourth-order valence-electron chi connectivity index (χ4n) is 4.86. The number of aromatic nitrogens is 3. The zero-order valence-corrected chi connectivity index (χ0v) is 21.4. The average Bonchev–Trinajstić information content (AvgIpc) is 3.36. The Morgan fingerprint density at radius 2 is 1.58 bits per heavy atom. The molecule has 0 aliphatic carbocycles. The topological polar surface area (TPSA) is 54.7 Å². The number of hydrogen-bond acceptors (Lipinski definition) is 5. The summed E-state index contributed by atoms with van der Waals surface area (Å²) in [4.78, 5) is 7.18. The first-order valence-electron chi connectivity index (χ1n) is 13.2. The molecule has 5 rings (SSSR count). The Morgan fingerprint density at radius 1 is 0.917 bits per heavy atom. The van der Waals surface area contributed by atoms with Gasteiger partial charge in [-0.05, 0) is 55.0 Å². The van der Waals surface area contributed by atoms with Crippen LogP contribution in [0.2, 0.25) is 0 Å². The number of likely N-dealkylation sites (tertiary alicyclic amines) is 1. The van der Waals surface area contributed by atoms with Gasteiger partial charge in [-0.1, -0.05) is 74.5 Å². The second kappa shape index (κ2) is 11.7. The zero-order valence-electron chi connectivity index (χ0n) is 21.4. The predicted molar refractivity (Wildman–Crippen MR) is 145 cm³/mol. The molecule has 1 saturated heterocycles. The molecule has 1 N–H and O–H groups in total. The molecule has 2 aromatic heterocycles. The van der Waals surface area contributed by atoms with Gasteiger partial charge >= 0.3 is 0 Å². The third-order valence-corrected chi connectivity index (χ3v) is 6.96. The maximum Gasteiger partial charge on any atom is 0.153 e. The molecular formula is C30H37N5O. The number of fused-ring (bicyclic) bond motifs is 1. The third-order valence-electron chi connectivity index (χ3n) is 6.96. The Morgan fingerprint density at radius 3 is 2.22 bits per heavy atom. The summed E-state index contributed by atoms with van der Waals surface area (Å²) in [6, 6.07) is 25.2. The lowest BCUT2D eigenvalue weighted by atomic mass is 10.00. The van der Waals surface area contributed by atoms with Crippen LogP contribution in [0.3, 0.4) is 0 Å². The van der Waals surface area contributed by atoms with Crippen LogP contribution >= 0.6 is 0 Å². The lowest BCUT2D eigenvalue weighted by Crippen LogP contribution is -2.38. The highest BCUT2D eigenvalue weighted by Gasteiger charge is 2.24. The first-order valence-corrected chi connectivity index (χ1v) is 13.2. The molecule has 1 aliphatic heterocycles. The van der Waals surface area contributed by atoms with Crippen molar-refractivity contribution in [2.24, 2.45) is 0 Å². The predicted octanol–water partition coefficient (Wildman–Crippen LogP) is 5.93. The van der Waals surface area contributed by atoms with Crippen LogP contribution < -0.4 is 5.32 Å². The molecule has 6 heteroatoms. The Hall–Kier alpha value is -3.22. The molecular weight excluding hydrogens is 446 g/mol. The second-order valence-electron chi connectivity index (χ2n) is 10.0. The van der Waals surface area contributed by atoms with Gasteiger partial charge in [0, 0.05) is 19.6 Å². The number of benzene rings is 2. The standard InChI is InChI=1S/C30H37N5O/c1-23(2)27-22-35-29(32-27)15-14-28(33-35)31-18-9-19-34-20-16-26(17-21-34)36-30(24-10-5-3-6-11-24)25-12-7-4-8-13-25/h3-8,10-15,22-23,26,30H,9,16-21H2,1-2H3,(H,31,33). The SMILES string of the molecule is CC(C)c1cn2nc(NCCCN3CCC(OC(c4ccccc4)c4ccccc4)CC3)ccc2n1. The molecule has 0 saturated carbocycles. The van der Waals surface area contributed by atoms with Crippen LogP contribution in [0, 0.1) is 0 Å². The summed E-state index contributed by atoms with van der Waals surface area (Å²) in [5.41, 5.74) is 4.42. The molecule has 2 aromatic carbocycles. The number of rotatable bonds is 10. The van der Waals surface area contributed by atoms with Crippen molar-refractivity contribution in [3.63, 3.8) is 0 Å². The fourth-order valence-corrected chi connectivity index (χ4v) is 4.86. The van der Waals surface area contributed by atoms with Gasteiger partial charge in [0.25, 0.3) is 0 Å². The highest BCUT2D eigenvalue weighted by Crippen LogP contribution is 2.30. The molecule has 0 radical (unpaired) electrons. The molecule has 0 unspecified atom stereocenters. The summed E-state index contributed by atoms with van der Waals surface area (Å²) in [6.45, 7) is 8.47. The van der Waals surface area contributed by atoms with Crippen LogP contribution in [0.1, 0.15) is 62.0 Å². The fraction of sp³-hybridized carbons (Fsp3) is 0.400. The molecule has 36 heavy (non-hydrogen) atoms. The minimum absolute atomic E-state index is 0.00916. The van der Waals surface area contributed by atoms with Gasteiger partial charge in [-0.2, -0.15) is 0 Å². The van der Waals surface area contributed by atoms with Crippen LogP contribution in [-0.2, 0) is 4.74 Å². The normalized spacial score (nSPS) is 15.2. The summed E-state index contributed by atoms with van der Waals surface area (Å²) in [5, 5.41) is 8.14. The first-order chi connectivity index (χ1) is 17.7. The summed E-state index contributed by atoms with van der Waals surface area (Å²) in [6.07, 6.45) is 5.53. The minimum atomic E-state index is -0.00916. The van der Waals surface area contributed by atoms with Gasteiger partial charge in [0.15, 0.2) is 5.65 Å². The smallest absolute Gasteiger partial charge is 0.153 e. The number of imidazole rings is 1. The van der Waals surface area contributed by atoms with E-state index in [4.69, 9.17) is 4.74 Å². The van der Waals surface area contributed by atoms with Crippen LogP contribution in [0.4, 0.5) is 5.82 Å². The summed E-state index contributed by atoms with van der Waals surface area (Å²) in [7, 11) is 0. The number of nitrogens with zero attached hydrogens (tertiary/aromatic N) is 4. The summed E-state index contributed by atoms with van der Waals surface area (Å²) >= 11 is 0. The molecule has 188 valence electrons. The molecule has 1 aliphatic rings. The summed E-state index contributed by atoms with van der Waals surface area (Å²) in [5.74, 6) is 1.30. The monoisotopic (exact) mass is 483 g/mol. The van der Waals surface area contributed by atoms with E-state index in [0.717, 1.165) is 62.6 Å². The van der Waals surface area contributed by atoms with E-state index in [9.17, 15) is 0 Å². The van der Waals surface area contributed by atoms with E-state index in [1.807, 2.05) is 22.8 Å². The van der Waals surface area contributed by atoms with Crippen LogP contribution in [0.25, 0.3) is 5.65 Å². The van der Waals surface area contributed by atoms with Crippen LogP contribution in [-0.4, -0.2) is 51.8 Å². The number of nitrogens with one attached hydrogen (secondary N) is 1. The Balaban J connectivity index is 1.07. The van der Waals surface area contributed by atoms with Crippen molar-refractivity contribution in [1.82, 2.24) is 19.5 Å². The zero-order chi connectivity index (χ0) is 24.7. The average molecular weight is 484 g/mol. The van der Waals surface area contributed by atoms with Gasteiger partial charge in [-0.15, -0.1) is 5.10 Å². The maximum atomic E-state index is 6.69. The van der Waals surface area contributed by atoms with Crippen LogP contribution in [0.5, 0.6) is 0 Å². The van der Waals surface area contributed by atoms with E-state index < -0.39 is 0 Å². The van der Waals surface area contributed by atoms with E-state index >= 15 is 0 Å². The van der Waals surface area contributed by atoms with E-state index in [1.54, 1.807) is 0 Å². The molecule has 4 aromatic rings. The molecule has 1 fully saturated rings. The van der Waals surface area contributed by atoms with E-state index in [2.05, 4.69) is 94.8 Å². The Kier molecular flexibility index (Phi) is 7.94. The van der Waals surface area contributed by atoms with Gasteiger partial charge in [-0.3, -0.25) is 0 Å². The number of hydrogen-bond donors (Lipinski definition) is 1. The molecule has 0 atom stereocenters. The van der Waals surface area contributed by atoms with E-state index in [0.29, 0.717) is 5.92 Å². The lowest BCUT2D eigenvalue weighted by Gasteiger charge is -2.34. The quantitative estimate of drug-likeness (QED) is 0.284. The van der Waals surface area contributed by atoms with Gasteiger partial charge in [0.2, 0.25) is 0 Å². The number of ether oxygens (including phenoxy) is 1. The maximum absolute atomic E-state index is 6.69. The van der Waals surface area contributed by atoms with Crippen molar-refractivity contribution in [2.45, 2.75) is 51.2 Å². The van der Waals surface area contributed by atoms with Crippen molar-refractivity contribution >= 4 is 11.5 Å². The molecule has 0 bridgehead atoms. The lowest BCUT2D eigenvalue weighted by molar-refractivity contribution is -0.0269. The largest absolute Gasteiger partial charge is 0.369 e. The van der Waals surface area contributed by atoms with E-state index in [1.165, 1.54) is 11.1 Å². The summed E-state index contributed by atoms with van der Waals surface area (Å²) < 4.78 is 8.57. The van der Waals surface area contributed by atoms with Crippen molar-refractivity contribution < 1.29 is 4.74 Å². The van der Waals surface area contributed by atoms with Gasteiger partial charge in [-0.25, -0.2) is 9.50 Å². The second-order valence-corrected chi connectivity index (χ2v) is 10.0. The molecule has 0 spiro atoms. The first kappa shape index (κ1) is 24.5. The van der Waals surface area contributed by atoms with Crippen molar-refractivity contribution in [3.05, 3.63) is 95.8 Å². The highest BCUT2D eigenvalue weighted by atomic mass is 16.5. The van der Waals surface area contributed by atoms with E-state index in [-0.39, 0.29) is 12.2 Å². The minimum Gasteiger partial charge on any atom is -0.369 e. The molecule has 3 heterocycles. The number of anilines is 1. The Bertz CT molecular complexity index is 1180. The highest BCUT2D eigenvalue weighted by molar-refractivity contribution is 5.45. The van der Waals surface area contributed by atoms with Gasteiger partial charge in [0.1, 0.15) is 11.9 Å². The van der Waals surface area contributed by atoms with Crippen molar-refractivity contribution in [3.8, 4) is 0 Å². The molecule has 0 amide bonds. The Labute approximate surface area is 214 Å². The molecule has 6 nitrogen and oxygen atoms in total. The van der Waals surface area contributed by atoms with Crippen molar-refractivity contribution in [2.75, 3.05) is 31.5 Å². The third kappa shape index (κ3) is 6.12.